The molecule has 0 saturated carbocycles. The summed E-state index contributed by atoms with van der Waals surface area (Å²) >= 11 is 0. The van der Waals surface area contributed by atoms with Crippen molar-refractivity contribution in [2.75, 3.05) is 0 Å². The number of phenolic OH excluding ortho intramolecular Hbond substituents is 1. The van der Waals surface area contributed by atoms with Crippen LogP contribution in [-0.2, 0) is 6.42 Å². The number of hydrogen-bond donors (Lipinski definition) is 1. The van der Waals surface area contributed by atoms with Crippen LogP contribution in [0.25, 0.3) is 0 Å². The zero-order chi connectivity index (χ0) is 9.30. The minimum Gasteiger partial charge on any atom is -0.507 e. The van der Waals surface area contributed by atoms with Gasteiger partial charge in [0.05, 0.1) is 0 Å². The van der Waals surface area contributed by atoms with Gasteiger partial charge in [0.1, 0.15) is 5.75 Å². The minimum absolute atomic E-state index is 0.449. The van der Waals surface area contributed by atoms with Gasteiger partial charge < -0.3 is 5.11 Å². The van der Waals surface area contributed by atoms with Crippen LogP contribution < -0.4 is 0 Å². The van der Waals surface area contributed by atoms with Gasteiger partial charge in [0.25, 0.3) is 0 Å². The van der Waals surface area contributed by atoms with Crippen LogP contribution >= 0.6 is 0 Å². The van der Waals surface area contributed by atoms with Gasteiger partial charge in [-0.3, -0.25) is 0 Å². The summed E-state index contributed by atoms with van der Waals surface area (Å²) in [6.07, 6.45) is 1.04. The second kappa shape index (κ2) is 3.18. The van der Waals surface area contributed by atoms with Crippen LogP contribution in [0, 0.1) is 20.8 Å². The quantitative estimate of drug-likeness (QED) is 0.676. The van der Waals surface area contributed by atoms with Gasteiger partial charge in [-0.2, -0.15) is 0 Å². The van der Waals surface area contributed by atoms with Crippen molar-refractivity contribution in [2.24, 2.45) is 0 Å². The summed E-state index contributed by atoms with van der Waals surface area (Å²) in [5.74, 6) is 0.449. The van der Waals surface area contributed by atoms with E-state index in [4.69, 9.17) is 0 Å². The highest BCUT2D eigenvalue weighted by atomic mass is 16.3. The topological polar surface area (TPSA) is 20.2 Å². The van der Waals surface area contributed by atoms with Crippen LogP contribution in [-0.4, -0.2) is 5.11 Å². The summed E-state index contributed by atoms with van der Waals surface area (Å²) in [5, 5.41) is 9.61. The lowest BCUT2D eigenvalue weighted by atomic mass is 9.97. The Balaban J connectivity index is 3.39. The van der Waals surface area contributed by atoms with Crippen molar-refractivity contribution in [3.05, 3.63) is 28.3 Å². The molecule has 12 heavy (non-hydrogen) atoms. The molecular formula is C11H16O. The molecule has 0 aliphatic rings. The first-order valence-corrected chi connectivity index (χ1v) is 4.36. The predicted molar refractivity (Wildman–Crippen MR) is 51.7 cm³/mol. The molecule has 0 radical (unpaired) electrons. The molecular weight excluding hydrogens is 148 g/mol. The number of hydrogen-bond acceptors (Lipinski definition) is 1. The number of phenols is 1. The summed E-state index contributed by atoms with van der Waals surface area (Å²) in [6, 6.07) is 2.07. The minimum atomic E-state index is 0.449. The molecule has 0 aliphatic carbocycles. The van der Waals surface area contributed by atoms with Gasteiger partial charge in [-0.1, -0.05) is 13.0 Å². The van der Waals surface area contributed by atoms with Crippen molar-refractivity contribution in [2.45, 2.75) is 34.1 Å². The van der Waals surface area contributed by atoms with E-state index in [0.717, 1.165) is 17.5 Å². The van der Waals surface area contributed by atoms with E-state index in [2.05, 4.69) is 19.9 Å². The first kappa shape index (κ1) is 9.11. The molecule has 1 aromatic rings. The summed E-state index contributed by atoms with van der Waals surface area (Å²) in [6.45, 7) is 8.11. The predicted octanol–water partition coefficient (Wildman–Crippen LogP) is 2.88. The van der Waals surface area contributed by atoms with E-state index in [9.17, 15) is 5.11 Å². The maximum atomic E-state index is 9.61. The second-order valence-electron chi connectivity index (χ2n) is 3.30. The van der Waals surface area contributed by atoms with E-state index in [1.54, 1.807) is 0 Å². The van der Waals surface area contributed by atoms with E-state index in [1.165, 1.54) is 11.1 Å². The standard InChI is InChI=1S/C11H16O/c1-5-10-6-7(2)11(12)9(4)8(10)3/h6,12H,5H2,1-4H3. The highest BCUT2D eigenvalue weighted by molar-refractivity contribution is 5.47. The van der Waals surface area contributed by atoms with Crippen molar-refractivity contribution in [1.29, 1.82) is 0 Å². The van der Waals surface area contributed by atoms with Gasteiger partial charge in [-0.15, -0.1) is 0 Å². The Hall–Kier alpha value is -0.980. The first-order valence-electron chi connectivity index (χ1n) is 4.36. The lowest BCUT2D eigenvalue weighted by molar-refractivity contribution is 0.466. The third-order valence-electron chi connectivity index (χ3n) is 2.54. The van der Waals surface area contributed by atoms with Gasteiger partial charge in [0, 0.05) is 0 Å². The number of aromatic hydroxyl groups is 1. The zero-order valence-electron chi connectivity index (χ0n) is 8.23. The summed E-state index contributed by atoms with van der Waals surface area (Å²) in [4.78, 5) is 0. The van der Waals surface area contributed by atoms with Gasteiger partial charge in [0.15, 0.2) is 0 Å². The zero-order valence-corrected chi connectivity index (χ0v) is 8.23. The van der Waals surface area contributed by atoms with Crippen molar-refractivity contribution in [1.82, 2.24) is 0 Å². The Kier molecular flexibility index (Phi) is 2.41. The normalized spacial score (nSPS) is 10.3. The van der Waals surface area contributed by atoms with E-state index in [0.29, 0.717) is 5.75 Å². The van der Waals surface area contributed by atoms with Gasteiger partial charge in [0.2, 0.25) is 0 Å². The molecule has 0 saturated heterocycles. The van der Waals surface area contributed by atoms with Crippen LogP contribution in [0.4, 0.5) is 0 Å². The molecule has 1 nitrogen and oxygen atoms in total. The third-order valence-corrected chi connectivity index (χ3v) is 2.54. The molecule has 0 unspecified atom stereocenters. The highest BCUT2D eigenvalue weighted by Crippen LogP contribution is 2.27. The third kappa shape index (κ3) is 1.31. The van der Waals surface area contributed by atoms with Crippen molar-refractivity contribution in [3.63, 3.8) is 0 Å². The van der Waals surface area contributed by atoms with Gasteiger partial charge in [-0.05, 0) is 49.4 Å². The number of rotatable bonds is 1. The van der Waals surface area contributed by atoms with Gasteiger partial charge >= 0.3 is 0 Å². The largest absolute Gasteiger partial charge is 0.507 e. The van der Waals surface area contributed by atoms with Crippen LogP contribution in [0.5, 0.6) is 5.75 Å². The van der Waals surface area contributed by atoms with E-state index < -0.39 is 0 Å². The molecule has 1 aromatic carbocycles. The number of benzene rings is 1. The van der Waals surface area contributed by atoms with Crippen LogP contribution in [0.15, 0.2) is 6.07 Å². The van der Waals surface area contributed by atoms with Gasteiger partial charge in [-0.25, -0.2) is 0 Å². The van der Waals surface area contributed by atoms with E-state index in [-0.39, 0.29) is 0 Å². The average Bonchev–Trinajstić information content (AvgIpc) is 2.08. The molecule has 1 heteroatoms. The van der Waals surface area contributed by atoms with Crippen LogP contribution in [0.2, 0.25) is 0 Å². The molecule has 0 atom stereocenters. The molecule has 0 spiro atoms. The lowest BCUT2D eigenvalue weighted by Gasteiger charge is -2.11. The number of aryl methyl sites for hydroxylation is 2. The molecule has 0 amide bonds. The molecule has 1 N–H and O–H groups in total. The fraction of sp³-hybridized carbons (Fsp3) is 0.455. The Morgan fingerprint density at radius 1 is 1.17 bits per heavy atom. The van der Waals surface area contributed by atoms with Crippen LogP contribution in [0.3, 0.4) is 0 Å². The average molecular weight is 164 g/mol. The Bertz CT molecular complexity index is 300. The second-order valence-corrected chi connectivity index (χ2v) is 3.30. The first-order chi connectivity index (χ1) is 5.57. The maximum absolute atomic E-state index is 9.61. The Morgan fingerprint density at radius 3 is 2.25 bits per heavy atom. The van der Waals surface area contributed by atoms with E-state index >= 15 is 0 Å². The summed E-state index contributed by atoms with van der Waals surface area (Å²) in [7, 11) is 0. The Labute approximate surface area is 74.1 Å². The Morgan fingerprint density at radius 2 is 1.75 bits per heavy atom. The lowest BCUT2D eigenvalue weighted by Crippen LogP contribution is -1.93. The molecule has 0 aromatic heterocycles. The monoisotopic (exact) mass is 164 g/mol. The molecule has 0 heterocycles. The highest BCUT2D eigenvalue weighted by Gasteiger charge is 2.06. The summed E-state index contributed by atoms with van der Waals surface area (Å²) in [5.41, 5.74) is 4.56. The molecule has 1 rings (SSSR count). The molecule has 0 fully saturated rings. The summed E-state index contributed by atoms with van der Waals surface area (Å²) < 4.78 is 0. The van der Waals surface area contributed by atoms with Crippen molar-refractivity contribution in [3.8, 4) is 5.75 Å². The molecule has 0 aliphatic heterocycles. The smallest absolute Gasteiger partial charge is 0.121 e. The van der Waals surface area contributed by atoms with Crippen molar-refractivity contribution >= 4 is 0 Å². The maximum Gasteiger partial charge on any atom is 0.121 e. The SMILES string of the molecule is CCc1cc(C)c(O)c(C)c1C. The fourth-order valence-corrected chi connectivity index (χ4v) is 1.52. The van der Waals surface area contributed by atoms with Crippen LogP contribution in [0.1, 0.15) is 29.2 Å². The van der Waals surface area contributed by atoms with E-state index in [1.807, 2.05) is 13.8 Å². The fourth-order valence-electron chi connectivity index (χ4n) is 1.52. The van der Waals surface area contributed by atoms with Crippen molar-refractivity contribution < 1.29 is 5.11 Å². The molecule has 66 valence electrons. The molecule has 0 bridgehead atoms.